The number of imidazole rings is 1. The lowest BCUT2D eigenvalue weighted by Crippen LogP contribution is -2.70. The molecule has 0 aliphatic carbocycles. The van der Waals surface area contributed by atoms with E-state index in [1.165, 1.54) is 12.3 Å². The molecular formula is C20H21F3N6O2S. The highest BCUT2D eigenvalue weighted by molar-refractivity contribution is 7.15. The van der Waals surface area contributed by atoms with E-state index in [1.807, 2.05) is 0 Å². The Morgan fingerprint density at radius 3 is 2.56 bits per heavy atom. The number of nitrogens with one attached hydrogen (secondary N) is 1. The van der Waals surface area contributed by atoms with Crippen molar-refractivity contribution in [2.45, 2.75) is 30.6 Å². The van der Waals surface area contributed by atoms with Crippen molar-refractivity contribution in [1.29, 1.82) is 0 Å². The predicted molar refractivity (Wildman–Crippen MR) is 112 cm³/mol. The number of thiophene rings is 1. The summed E-state index contributed by atoms with van der Waals surface area (Å²) in [5.41, 5.74) is 5.96. The van der Waals surface area contributed by atoms with Crippen LogP contribution in [-0.4, -0.2) is 63.3 Å². The lowest BCUT2D eigenvalue weighted by Gasteiger charge is -2.49. The summed E-state index contributed by atoms with van der Waals surface area (Å²) >= 11 is 0.667. The molecule has 0 unspecified atom stereocenters. The van der Waals surface area contributed by atoms with Crippen LogP contribution in [0.25, 0.3) is 16.2 Å². The Kier molecular flexibility index (Phi) is 5.10. The molecule has 0 radical (unpaired) electrons. The summed E-state index contributed by atoms with van der Waals surface area (Å²) in [5.74, 6) is 0.261. The second-order valence-electron chi connectivity index (χ2n) is 8.09. The molecule has 5 heterocycles. The van der Waals surface area contributed by atoms with Crippen LogP contribution in [0.2, 0.25) is 0 Å². The van der Waals surface area contributed by atoms with Crippen molar-refractivity contribution in [2.75, 3.05) is 31.6 Å². The van der Waals surface area contributed by atoms with E-state index in [4.69, 9.17) is 10.5 Å². The third-order valence-electron chi connectivity index (χ3n) is 6.09. The minimum atomic E-state index is -4.38. The van der Waals surface area contributed by atoms with Crippen LogP contribution in [0, 0.1) is 0 Å². The number of fused-ring (bicyclic) bond motifs is 1. The van der Waals surface area contributed by atoms with Gasteiger partial charge in [0.25, 0.3) is 0 Å². The standard InChI is InChI=1S/C20H21F3N6O2S/c21-20(22,23)15-2-1-14(32-15)13-9-25-17-4-3-16(27-29(13)17)26-12-5-7-28(8-6-12)19(18(24)30)10-31-11-19/h1-4,9,12H,5-8,10-11H2,(H2,24,30)(H,26,27). The van der Waals surface area contributed by atoms with Crippen LogP contribution in [0.1, 0.15) is 17.7 Å². The average Bonchev–Trinajstić information content (AvgIpc) is 3.34. The first-order chi connectivity index (χ1) is 15.3. The van der Waals surface area contributed by atoms with E-state index in [0.717, 1.165) is 18.9 Å². The number of hydrogen-bond donors (Lipinski definition) is 2. The number of primary amides is 1. The number of anilines is 1. The van der Waals surface area contributed by atoms with Gasteiger partial charge in [-0.1, -0.05) is 0 Å². The van der Waals surface area contributed by atoms with Crippen molar-refractivity contribution in [2.24, 2.45) is 5.73 Å². The largest absolute Gasteiger partial charge is 0.425 e. The fourth-order valence-electron chi connectivity index (χ4n) is 4.18. The van der Waals surface area contributed by atoms with Crippen LogP contribution >= 0.6 is 11.3 Å². The third-order valence-corrected chi connectivity index (χ3v) is 7.25. The number of halogens is 3. The summed E-state index contributed by atoms with van der Waals surface area (Å²) < 4.78 is 45.7. The minimum absolute atomic E-state index is 0.146. The van der Waals surface area contributed by atoms with E-state index in [-0.39, 0.29) is 11.9 Å². The molecule has 0 saturated carbocycles. The normalized spacial score (nSPS) is 19.7. The highest BCUT2D eigenvalue weighted by Crippen LogP contribution is 2.38. The van der Waals surface area contributed by atoms with Gasteiger partial charge in [-0.05, 0) is 37.1 Å². The molecule has 8 nitrogen and oxygen atoms in total. The van der Waals surface area contributed by atoms with Gasteiger partial charge in [-0.15, -0.1) is 16.4 Å². The van der Waals surface area contributed by atoms with Crippen molar-refractivity contribution < 1.29 is 22.7 Å². The summed E-state index contributed by atoms with van der Waals surface area (Å²) in [6, 6.07) is 6.24. The van der Waals surface area contributed by atoms with Crippen molar-refractivity contribution >= 4 is 28.7 Å². The summed E-state index contributed by atoms with van der Waals surface area (Å²) in [6.45, 7) is 2.08. The number of aromatic nitrogens is 3. The Morgan fingerprint density at radius 1 is 1.22 bits per heavy atom. The monoisotopic (exact) mass is 466 g/mol. The molecule has 0 bridgehead atoms. The molecule has 2 aliphatic heterocycles. The van der Waals surface area contributed by atoms with E-state index in [2.05, 4.69) is 20.3 Å². The maximum absolute atomic E-state index is 13.0. The van der Waals surface area contributed by atoms with Crippen LogP contribution in [0.4, 0.5) is 19.0 Å². The lowest BCUT2D eigenvalue weighted by molar-refractivity contribution is -0.170. The van der Waals surface area contributed by atoms with Gasteiger partial charge in [0.05, 0.1) is 24.3 Å². The predicted octanol–water partition coefficient (Wildman–Crippen LogP) is 2.61. The number of piperidine rings is 1. The van der Waals surface area contributed by atoms with Gasteiger partial charge < -0.3 is 15.8 Å². The molecular weight excluding hydrogens is 445 g/mol. The molecule has 0 atom stereocenters. The summed E-state index contributed by atoms with van der Waals surface area (Å²) in [4.78, 5) is 18.0. The van der Waals surface area contributed by atoms with Gasteiger partial charge in [-0.2, -0.15) is 13.2 Å². The molecule has 32 heavy (non-hydrogen) atoms. The van der Waals surface area contributed by atoms with Crippen molar-refractivity contribution in [3.8, 4) is 10.6 Å². The number of nitrogens with zero attached hydrogens (tertiary/aromatic N) is 4. The molecule has 3 aromatic rings. The van der Waals surface area contributed by atoms with Gasteiger partial charge in [-0.25, -0.2) is 9.50 Å². The van der Waals surface area contributed by atoms with Crippen molar-refractivity contribution in [1.82, 2.24) is 19.5 Å². The van der Waals surface area contributed by atoms with Crippen LogP contribution in [0.5, 0.6) is 0 Å². The molecule has 1 amide bonds. The summed E-state index contributed by atoms with van der Waals surface area (Å²) in [5, 5.41) is 7.96. The van der Waals surface area contributed by atoms with E-state index >= 15 is 0 Å². The SMILES string of the molecule is NC(=O)C1(N2CCC(Nc3ccc4ncc(-c5ccc(C(F)(F)F)s5)n4n3)CC2)COC1. The Hall–Kier alpha value is -2.70. The van der Waals surface area contributed by atoms with Crippen LogP contribution in [0.15, 0.2) is 30.5 Å². The second-order valence-corrected chi connectivity index (χ2v) is 9.17. The summed E-state index contributed by atoms with van der Waals surface area (Å²) in [7, 11) is 0. The number of rotatable bonds is 5. The average molecular weight is 466 g/mol. The first-order valence-corrected chi connectivity index (χ1v) is 11.0. The van der Waals surface area contributed by atoms with Crippen LogP contribution < -0.4 is 11.1 Å². The Morgan fingerprint density at radius 2 is 1.97 bits per heavy atom. The van der Waals surface area contributed by atoms with Gasteiger partial charge in [0.15, 0.2) is 5.65 Å². The van der Waals surface area contributed by atoms with E-state index in [9.17, 15) is 18.0 Å². The Labute approximate surface area is 185 Å². The molecule has 2 aliphatic rings. The van der Waals surface area contributed by atoms with E-state index < -0.39 is 16.6 Å². The maximum atomic E-state index is 13.0. The first-order valence-electron chi connectivity index (χ1n) is 10.2. The number of ether oxygens (including phenoxy) is 1. The number of amides is 1. The molecule has 3 N–H and O–H groups in total. The third kappa shape index (κ3) is 3.61. The maximum Gasteiger partial charge on any atom is 0.425 e. The van der Waals surface area contributed by atoms with Crippen molar-refractivity contribution in [3.05, 3.63) is 35.3 Å². The van der Waals surface area contributed by atoms with Gasteiger partial charge in [0.2, 0.25) is 5.91 Å². The first kappa shape index (κ1) is 21.2. The molecule has 3 aromatic heterocycles. The van der Waals surface area contributed by atoms with Crippen LogP contribution in [0.3, 0.4) is 0 Å². The van der Waals surface area contributed by atoms with Crippen molar-refractivity contribution in [3.63, 3.8) is 0 Å². The summed E-state index contributed by atoms with van der Waals surface area (Å²) in [6.07, 6.45) is -1.26. The minimum Gasteiger partial charge on any atom is -0.376 e. The number of carbonyl (C=O) groups excluding carboxylic acids is 1. The highest BCUT2D eigenvalue weighted by Gasteiger charge is 2.50. The van der Waals surface area contributed by atoms with E-state index in [0.29, 0.717) is 59.7 Å². The van der Waals surface area contributed by atoms with Gasteiger partial charge in [0.1, 0.15) is 21.9 Å². The molecule has 170 valence electrons. The molecule has 2 saturated heterocycles. The van der Waals surface area contributed by atoms with Gasteiger partial charge >= 0.3 is 6.18 Å². The fourth-order valence-corrected chi connectivity index (χ4v) is 5.05. The Balaban J connectivity index is 1.30. The topological polar surface area (TPSA) is 97.8 Å². The zero-order valence-corrected chi connectivity index (χ0v) is 17.7. The number of nitrogens with two attached hydrogens (primary N) is 1. The quantitative estimate of drug-likeness (QED) is 0.600. The Bertz CT molecular complexity index is 1150. The lowest BCUT2D eigenvalue weighted by atomic mass is 9.90. The zero-order valence-electron chi connectivity index (χ0n) is 16.9. The number of alkyl halides is 3. The number of hydrogen-bond acceptors (Lipinski definition) is 7. The molecule has 0 spiro atoms. The number of likely N-dealkylation sites (tertiary alicyclic amines) is 1. The van der Waals surface area contributed by atoms with Gasteiger partial charge in [0, 0.05) is 19.1 Å². The molecule has 5 rings (SSSR count). The smallest absolute Gasteiger partial charge is 0.376 e. The highest BCUT2D eigenvalue weighted by atomic mass is 32.1. The molecule has 12 heteroatoms. The zero-order chi connectivity index (χ0) is 22.5. The molecule has 2 fully saturated rings. The second kappa shape index (κ2) is 7.71. The molecule has 0 aromatic carbocycles. The van der Waals surface area contributed by atoms with Gasteiger partial charge in [-0.3, -0.25) is 9.69 Å². The fraction of sp³-hybridized carbons (Fsp3) is 0.450. The number of carbonyl (C=O) groups is 1. The van der Waals surface area contributed by atoms with Crippen LogP contribution in [-0.2, 0) is 15.7 Å². The van der Waals surface area contributed by atoms with E-state index in [1.54, 1.807) is 16.6 Å².